The van der Waals surface area contributed by atoms with Crippen molar-refractivity contribution in [1.82, 2.24) is 5.32 Å². The molecule has 1 amide bonds. The smallest absolute Gasteiger partial charge is 0.227 e. The molecule has 210 valence electrons. The second-order valence-corrected chi connectivity index (χ2v) is 9.01. The Balaban J connectivity index is 0.00000533. The first-order valence-electron chi connectivity index (χ1n) is 12.4. The van der Waals surface area contributed by atoms with Crippen LogP contribution >= 0.6 is 11.6 Å². The Bertz CT molecular complexity index is 1300. The van der Waals surface area contributed by atoms with Crippen molar-refractivity contribution < 1.29 is 23.8 Å². The molecule has 8 nitrogen and oxygen atoms in total. The Labute approximate surface area is 236 Å². The SMILES string of the molecule is C.CCN(CC)c1ccc(N=C2C=C(NC(=O)CCOc3ccc(OC)cc3OC)C(=O)C(Cl)=C2C)c(C)c1. The Hall–Kier alpha value is -3.78. The number of nitrogens with one attached hydrogen (secondary N) is 1. The van der Waals surface area contributed by atoms with Crippen molar-refractivity contribution in [2.24, 2.45) is 4.99 Å². The number of aliphatic imine (C=N–C) groups is 1. The molecule has 0 unspecified atom stereocenters. The van der Waals surface area contributed by atoms with Gasteiger partial charge in [0.1, 0.15) is 5.75 Å². The lowest BCUT2D eigenvalue weighted by atomic mass is 10.0. The van der Waals surface area contributed by atoms with Crippen molar-refractivity contribution in [2.75, 3.05) is 38.8 Å². The molecule has 2 aromatic carbocycles. The van der Waals surface area contributed by atoms with Gasteiger partial charge in [0.25, 0.3) is 0 Å². The minimum atomic E-state index is -0.456. The molecule has 0 aromatic heterocycles. The molecule has 0 atom stereocenters. The summed E-state index contributed by atoms with van der Waals surface area (Å²) in [6, 6.07) is 11.2. The van der Waals surface area contributed by atoms with Gasteiger partial charge in [-0.1, -0.05) is 19.0 Å². The fourth-order valence-corrected chi connectivity index (χ4v) is 4.16. The maximum Gasteiger partial charge on any atom is 0.227 e. The van der Waals surface area contributed by atoms with Gasteiger partial charge in [0, 0.05) is 24.8 Å². The number of ether oxygens (including phenoxy) is 3. The van der Waals surface area contributed by atoms with Gasteiger partial charge in [0.2, 0.25) is 11.7 Å². The topological polar surface area (TPSA) is 89.5 Å². The lowest BCUT2D eigenvalue weighted by Crippen LogP contribution is -2.31. The predicted molar refractivity (Wildman–Crippen MR) is 158 cm³/mol. The van der Waals surface area contributed by atoms with Crippen molar-refractivity contribution in [3.05, 3.63) is 64.3 Å². The van der Waals surface area contributed by atoms with Gasteiger partial charge >= 0.3 is 0 Å². The highest BCUT2D eigenvalue weighted by molar-refractivity contribution is 6.49. The van der Waals surface area contributed by atoms with Gasteiger partial charge in [-0.3, -0.25) is 9.59 Å². The van der Waals surface area contributed by atoms with Gasteiger partial charge < -0.3 is 24.4 Å². The first-order valence-corrected chi connectivity index (χ1v) is 12.8. The third-order valence-corrected chi connectivity index (χ3v) is 6.68. The number of anilines is 1. The minimum Gasteiger partial charge on any atom is -0.497 e. The van der Waals surface area contributed by atoms with Crippen molar-refractivity contribution in [1.29, 1.82) is 0 Å². The normalized spacial score (nSPS) is 14.0. The number of ketones is 1. The number of methoxy groups -OCH3 is 2. The molecule has 0 saturated heterocycles. The molecule has 0 fully saturated rings. The molecule has 0 bridgehead atoms. The molecule has 0 aliphatic heterocycles. The fourth-order valence-electron chi connectivity index (χ4n) is 3.96. The van der Waals surface area contributed by atoms with Crippen LogP contribution in [0.15, 0.2) is 63.8 Å². The summed E-state index contributed by atoms with van der Waals surface area (Å²) >= 11 is 6.34. The van der Waals surface area contributed by atoms with Crippen LogP contribution in [0, 0.1) is 6.92 Å². The van der Waals surface area contributed by atoms with E-state index in [2.05, 4.69) is 30.1 Å². The predicted octanol–water partition coefficient (Wildman–Crippen LogP) is 6.13. The number of aryl methyl sites for hydroxylation is 1. The van der Waals surface area contributed by atoms with Gasteiger partial charge in [-0.15, -0.1) is 0 Å². The molecule has 0 saturated carbocycles. The molecule has 39 heavy (non-hydrogen) atoms. The van der Waals surface area contributed by atoms with E-state index in [1.165, 1.54) is 7.11 Å². The highest BCUT2D eigenvalue weighted by Gasteiger charge is 2.25. The van der Waals surface area contributed by atoms with E-state index in [0.717, 1.165) is 30.0 Å². The standard InChI is InChI=1S/C29H34ClN3O5.CH4/c1-7-33(8-2)20-9-11-22(18(3)15-20)31-23-17-24(29(35)28(30)19(23)4)32-27(34)13-14-38-25-12-10-21(36-5)16-26(25)37-6;/h9-12,15-17H,7-8,13-14H2,1-6H3,(H,32,34);1H4. The van der Waals surface area contributed by atoms with E-state index in [0.29, 0.717) is 28.5 Å². The van der Waals surface area contributed by atoms with Crippen LogP contribution in [-0.2, 0) is 9.59 Å². The van der Waals surface area contributed by atoms with E-state index < -0.39 is 5.78 Å². The van der Waals surface area contributed by atoms with Crippen LogP contribution in [0.5, 0.6) is 17.2 Å². The highest BCUT2D eigenvalue weighted by Crippen LogP contribution is 2.31. The number of carbonyl (C=O) groups excluding carboxylic acids is 2. The zero-order valence-corrected chi connectivity index (χ0v) is 23.4. The molecule has 3 rings (SSSR count). The molecule has 1 N–H and O–H groups in total. The summed E-state index contributed by atoms with van der Waals surface area (Å²) in [5, 5.41) is 2.68. The second-order valence-electron chi connectivity index (χ2n) is 8.63. The zero-order valence-electron chi connectivity index (χ0n) is 22.7. The van der Waals surface area contributed by atoms with Crippen LogP contribution in [0.2, 0.25) is 0 Å². The summed E-state index contributed by atoms with van der Waals surface area (Å²) in [6.07, 6.45) is 1.57. The average molecular weight is 556 g/mol. The molecule has 9 heteroatoms. The van der Waals surface area contributed by atoms with E-state index in [1.54, 1.807) is 38.3 Å². The summed E-state index contributed by atoms with van der Waals surface area (Å²) in [4.78, 5) is 32.4. The van der Waals surface area contributed by atoms with Gasteiger partial charge in [-0.05, 0) is 75.2 Å². The van der Waals surface area contributed by atoms with E-state index >= 15 is 0 Å². The Morgan fingerprint density at radius 3 is 2.36 bits per heavy atom. The molecule has 1 aliphatic rings. The maximum absolute atomic E-state index is 12.8. The highest BCUT2D eigenvalue weighted by atomic mass is 35.5. The van der Waals surface area contributed by atoms with Crippen molar-refractivity contribution in [3.8, 4) is 17.2 Å². The minimum absolute atomic E-state index is 0. The number of hydrogen-bond donors (Lipinski definition) is 1. The molecular formula is C30H38ClN3O5. The summed E-state index contributed by atoms with van der Waals surface area (Å²) in [6.45, 7) is 9.87. The van der Waals surface area contributed by atoms with Gasteiger partial charge in [0.05, 0.1) is 49.4 Å². The number of allylic oxidation sites excluding steroid dienone is 3. The summed E-state index contributed by atoms with van der Waals surface area (Å²) in [5.74, 6) is 0.751. The molecule has 0 radical (unpaired) electrons. The molecule has 0 spiro atoms. The number of nitrogens with zero attached hydrogens (tertiary/aromatic N) is 2. The average Bonchev–Trinajstić information content (AvgIpc) is 2.92. The fraction of sp³-hybridized carbons (Fsp3) is 0.367. The van der Waals surface area contributed by atoms with Gasteiger partial charge in [-0.2, -0.15) is 0 Å². The van der Waals surface area contributed by atoms with E-state index in [-0.39, 0.29) is 37.1 Å². The second kappa shape index (κ2) is 14.4. The van der Waals surface area contributed by atoms with Gasteiger partial charge in [0.15, 0.2) is 11.5 Å². The molecule has 0 heterocycles. The third kappa shape index (κ3) is 7.63. The van der Waals surface area contributed by atoms with Crippen LogP contribution in [0.4, 0.5) is 11.4 Å². The number of Topliss-reactive ketones (excluding diaryl/α,β-unsaturated/α-hetero) is 1. The monoisotopic (exact) mass is 555 g/mol. The number of halogens is 1. The maximum atomic E-state index is 12.8. The first kappa shape index (κ1) is 31.4. The van der Waals surface area contributed by atoms with E-state index in [1.807, 2.05) is 19.1 Å². The molecule has 2 aromatic rings. The number of amides is 1. The third-order valence-electron chi connectivity index (χ3n) is 6.22. The molecule has 1 aliphatic carbocycles. The quantitative estimate of drug-likeness (QED) is 0.335. The van der Waals surface area contributed by atoms with Crippen LogP contribution < -0.4 is 24.4 Å². The zero-order chi connectivity index (χ0) is 27.8. The van der Waals surface area contributed by atoms with Crippen LogP contribution in [-0.4, -0.2) is 51.3 Å². The lowest BCUT2D eigenvalue weighted by molar-refractivity contribution is -0.122. The van der Waals surface area contributed by atoms with Crippen molar-refractivity contribution in [2.45, 2.75) is 41.5 Å². The Kier molecular flexibility index (Phi) is 11.6. The number of hydrogen-bond acceptors (Lipinski definition) is 7. The lowest BCUT2D eigenvalue weighted by Gasteiger charge is -2.22. The number of rotatable bonds is 11. The van der Waals surface area contributed by atoms with Crippen molar-refractivity contribution >= 4 is 40.4 Å². The van der Waals surface area contributed by atoms with Crippen LogP contribution in [0.1, 0.15) is 40.2 Å². The van der Waals surface area contributed by atoms with Crippen LogP contribution in [0.3, 0.4) is 0 Å². The van der Waals surface area contributed by atoms with E-state index in [9.17, 15) is 9.59 Å². The largest absolute Gasteiger partial charge is 0.497 e. The van der Waals surface area contributed by atoms with Gasteiger partial charge in [-0.25, -0.2) is 4.99 Å². The first-order chi connectivity index (χ1) is 18.2. The van der Waals surface area contributed by atoms with Crippen LogP contribution in [0.25, 0.3) is 0 Å². The summed E-state index contributed by atoms with van der Waals surface area (Å²) in [7, 11) is 3.08. The molecular weight excluding hydrogens is 518 g/mol. The number of carbonyl (C=O) groups is 2. The number of benzene rings is 2. The Morgan fingerprint density at radius 1 is 1.03 bits per heavy atom. The summed E-state index contributed by atoms with van der Waals surface area (Å²) in [5.41, 5.74) is 4.02. The van der Waals surface area contributed by atoms with E-state index in [4.69, 9.17) is 30.8 Å². The Morgan fingerprint density at radius 2 is 1.74 bits per heavy atom. The summed E-state index contributed by atoms with van der Waals surface area (Å²) < 4.78 is 16.2. The van der Waals surface area contributed by atoms with Crippen molar-refractivity contribution in [3.63, 3.8) is 0 Å².